The summed E-state index contributed by atoms with van der Waals surface area (Å²) in [6.45, 7) is 0. The number of benzene rings is 2. The summed E-state index contributed by atoms with van der Waals surface area (Å²) in [4.78, 5) is 16.1. The molecular weight excluding hydrogens is 469 g/mol. The number of aliphatic imine (C=N–C) groups is 1. The number of hydrogen-bond acceptors (Lipinski definition) is 5. The standard InChI is InChI=1S/C22H13ClN4O2.H2O.Zn/c23-16-7-5-15(22(29)9-16)12-26-19(10-24)20(11-25)27-13-18-17-4-2-1-3-14(17)6-8-21(18)28;;/h1-9,12-13H,(H2,26,27,28,29);1H2;/q;;+2/p-1/b20-19-;;. The number of carbonyl (C=O) groups is 1. The summed E-state index contributed by atoms with van der Waals surface area (Å²) in [7, 11) is 0. The first kappa shape index (κ1) is 25.5. The molecule has 0 aliphatic heterocycles. The molecule has 0 spiro atoms. The minimum Gasteiger partial charge on any atom is -0.872 e. The van der Waals surface area contributed by atoms with Crippen molar-refractivity contribution < 1.29 is 34.9 Å². The van der Waals surface area contributed by atoms with Crippen molar-refractivity contribution in [2.24, 2.45) is 4.99 Å². The van der Waals surface area contributed by atoms with Crippen molar-refractivity contribution in [3.05, 3.63) is 93.2 Å². The number of rotatable bonds is 4. The molecule has 2 aromatic rings. The van der Waals surface area contributed by atoms with Gasteiger partial charge in [-0.1, -0.05) is 59.8 Å². The van der Waals surface area contributed by atoms with Crippen LogP contribution in [0.2, 0.25) is 5.02 Å². The van der Waals surface area contributed by atoms with Crippen LogP contribution in [0.4, 0.5) is 0 Å². The van der Waals surface area contributed by atoms with Gasteiger partial charge in [-0.3, -0.25) is 4.79 Å². The van der Waals surface area contributed by atoms with Gasteiger partial charge >= 0.3 is 19.5 Å². The summed E-state index contributed by atoms with van der Waals surface area (Å²) < 4.78 is 0. The zero-order valence-electron chi connectivity index (χ0n) is 16.1. The van der Waals surface area contributed by atoms with Crippen molar-refractivity contribution in [2.75, 3.05) is 0 Å². The van der Waals surface area contributed by atoms with Crippen LogP contribution in [-0.4, -0.2) is 12.0 Å². The number of carbonyl (C=O) groups excluding carboxylic acids is 1. The summed E-state index contributed by atoms with van der Waals surface area (Å²) in [6, 6.07) is 15.0. The van der Waals surface area contributed by atoms with E-state index in [1.165, 1.54) is 36.7 Å². The zero-order chi connectivity index (χ0) is 20.8. The van der Waals surface area contributed by atoms with Crippen LogP contribution in [0.15, 0.2) is 71.1 Å². The Hall–Kier alpha value is -3.55. The van der Waals surface area contributed by atoms with Crippen LogP contribution in [0, 0.1) is 22.7 Å². The number of nitrogens with zero attached hydrogens (tertiary/aromatic N) is 4. The zero-order valence-corrected chi connectivity index (χ0v) is 19.8. The van der Waals surface area contributed by atoms with Gasteiger partial charge in [-0.05, 0) is 34.5 Å². The first-order valence-corrected chi connectivity index (χ1v) is 8.69. The number of halogens is 1. The molecule has 0 unspecified atom stereocenters. The van der Waals surface area contributed by atoms with Gasteiger partial charge < -0.3 is 15.9 Å². The Labute approximate surface area is 196 Å². The fourth-order valence-electron chi connectivity index (χ4n) is 2.57. The smallest absolute Gasteiger partial charge is 0.872 e. The van der Waals surface area contributed by atoms with E-state index in [4.69, 9.17) is 11.6 Å². The maximum absolute atomic E-state index is 12.2. The van der Waals surface area contributed by atoms with Crippen LogP contribution in [0.1, 0.15) is 16.7 Å². The maximum Gasteiger partial charge on any atom is 2.00 e. The Bertz CT molecular complexity index is 1200. The van der Waals surface area contributed by atoms with Crippen LogP contribution in [0.25, 0.3) is 17.0 Å². The van der Waals surface area contributed by atoms with Gasteiger partial charge in [-0.2, -0.15) is 16.7 Å². The summed E-state index contributed by atoms with van der Waals surface area (Å²) in [5, 5.41) is 34.8. The third-order valence-corrected chi connectivity index (χ3v) is 4.23. The van der Waals surface area contributed by atoms with Crippen molar-refractivity contribution in [2.45, 2.75) is 0 Å². The quantitative estimate of drug-likeness (QED) is 0.216. The van der Waals surface area contributed by atoms with Crippen LogP contribution in [-0.2, 0) is 29.7 Å². The molecule has 0 aromatic heterocycles. The van der Waals surface area contributed by atoms with Gasteiger partial charge in [-0.15, -0.1) is 0 Å². The predicted molar refractivity (Wildman–Crippen MR) is 113 cm³/mol. The van der Waals surface area contributed by atoms with Crippen LogP contribution in [0.5, 0.6) is 5.75 Å². The fourth-order valence-corrected chi connectivity index (χ4v) is 2.73. The van der Waals surface area contributed by atoms with Gasteiger partial charge in [0, 0.05) is 16.8 Å². The Morgan fingerprint density at radius 3 is 2.55 bits per heavy atom. The molecule has 0 radical (unpaired) electrons. The number of ketones is 1. The van der Waals surface area contributed by atoms with E-state index in [1.54, 1.807) is 30.3 Å². The Balaban J connectivity index is 0.00000240. The van der Waals surface area contributed by atoms with Crippen molar-refractivity contribution in [3.63, 3.8) is 0 Å². The minimum atomic E-state index is -0.368. The predicted octanol–water partition coefficient (Wildman–Crippen LogP) is 3.18. The number of allylic oxidation sites excluding steroid dienone is 4. The van der Waals surface area contributed by atoms with Gasteiger partial charge in [0.25, 0.3) is 0 Å². The molecule has 7 nitrogen and oxygen atoms in total. The molecule has 0 atom stereocenters. The van der Waals surface area contributed by atoms with Crippen molar-refractivity contribution in [1.82, 2.24) is 0 Å². The normalized spacial score (nSPS) is 13.9. The minimum absolute atomic E-state index is 0. The molecule has 1 aliphatic rings. The summed E-state index contributed by atoms with van der Waals surface area (Å²) >= 11 is 5.74. The molecule has 3 N–H and O–H groups in total. The third kappa shape index (κ3) is 5.97. The molecule has 2 aromatic carbocycles. The van der Waals surface area contributed by atoms with E-state index in [9.17, 15) is 20.4 Å². The Morgan fingerprint density at radius 2 is 1.87 bits per heavy atom. The van der Waals surface area contributed by atoms with Crippen molar-refractivity contribution in [3.8, 4) is 17.9 Å². The largest absolute Gasteiger partial charge is 2.00 e. The second-order valence-corrected chi connectivity index (χ2v) is 6.25. The molecule has 0 bridgehead atoms. The van der Waals surface area contributed by atoms with E-state index < -0.39 is 0 Å². The van der Waals surface area contributed by atoms with Gasteiger partial charge in [0.2, 0.25) is 0 Å². The first-order chi connectivity index (χ1) is 14.0. The maximum atomic E-state index is 12.2. The molecule has 148 valence electrons. The number of nitriles is 2. The first-order valence-electron chi connectivity index (χ1n) is 8.31. The van der Waals surface area contributed by atoms with E-state index >= 15 is 0 Å². The van der Waals surface area contributed by atoms with Crippen LogP contribution >= 0.6 is 11.6 Å². The van der Waals surface area contributed by atoms with Crippen LogP contribution < -0.4 is 5.11 Å². The monoisotopic (exact) mass is 481 g/mol. The number of fused-ring (bicyclic) bond motifs is 1. The Kier molecular flexibility index (Phi) is 9.53. The average Bonchev–Trinajstić information content (AvgIpc) is 2.72. The molecule has 0 saturated heterocycles. The van der Waals surface area contributed by atoms with E-state index in [0.717, 1.165) is 5.56 Å². The fraction of sp³-hybridized carbons (Fsp3) is 0. The van der Waals surface area contributed by atoms with E-state index in [0.29, 0.717) is 11.1 Å². The molecule has 0 amide bonds. The summed E-state index contributed by atoms with van der Waals surface area (Å²) in [5.74, 6) is -0.629. The molecule has 1 aliphatic carbocycles. The van der Waals surface area contributed by atoms with E-state index in [2.05, 4.69) is 10.3 Å². The van der Waals surface area contributed by atoms with Gasteiger partial charge in [-0.25, -0.2) is 4.99 Å². The molecule has 9 heteroatoms. The van der Waals surface area contributed by atoms with Crippen LogP contribution in [0.3, 0.4) is 0 Å². The van der Waals surface area contributed by atoms with Crippen molar-refractivity contribution >= 4 is 35.2 Å². The Morgan fingerprint density at radius 1 is 1.13 bits per heavy atom. The van der Waals surface area contributed by atoms with Gasteiger partial charge in [0.1, 0.15) is 11.8 Å². The summed E-state index contributed by atoms with van der Waals surface area (Å²) in [5.41, 5.74) is 1.47. The SMILES string of the molecule is N#C/C(N=Cc1ccc(Cl)cc1[O-])=C(\C#N)[N-]/C=C1\C(=O)C=Cc2ccccc21.[OH3+].[Zn+2]. The average molecular weight is 483 g/mol. The molecule has 0 heterocycles. The third-order valence-electron chi connectivity index (χ3n) is 4.00. The summed E-state index contributed by atoms with van der Waals surface area (Å²) in [6.07, 6.45) is 5.53. The number of hydrogen-bond donors (Lipinski definition) is 0. The second kappa shape index (κ2) is 11.6. The van der Waals surface area contributed by atoms with Gasteiger partial charge in [0.15, 0.2) is 5.78 Å². The molecule has 0 fully saturated rings. The molecular formula is C22H14ClN4O3Zn+. The molecule has 3 rings (SSSR count). The van der Waals surface area contributed by atoms with E-state index in [-0.39, 0.29) is 58.5 Å². The topological polar surface area (TPSA) is 147 Å². The molecule has 31 heavy (non-hydrogen) atoms. The second-order valence-electron chi connectivity index (χ2n) is 5.82. The van der Waals surface area contributed by atoms with E-state index in [1.807, 2.05) is 12.1 Å². The van der Waals surface area contributed by atoms with Gasteiger partial charge in [0.05, 0.1) is 6.07 Å². The van der Waals surface area contributed by atoms with Crippen molar-refractivity contribution in [1.29, 1.82) is 10.5 Å². The molecule has 0 saturated carbocycles.